The van der Waals surface area contributed by atoms with Gasteiger partial charge in [-0.15, -0.1) is 0 Å². The number of hydrogen-bond acceptors (Lipinski definition) is 5. The number of urea groups is 1. The normalized spacial score (nSPS) is 10.6. The molecule has 0 radical (unpaired) electrons. The van der Waals surface area contributed by atoms with Crippen LogP contribution in [0.3, 0.4) is 0 Å². The van der Waals surface area contributed by atoms with Gasteiger partial charge in [0.2, 0.25) is 5.88 Å². The number of anilines is 1. The minimum Gasteiger partial charge on any atom is -0.437 e. The lowest BCUT2D eigenvalue weighted by Crippen LogP contribution is -2.39. The molecule has 29 heavy (non-hydrogen) atoms. The molecule has 0 atom stereocenters. The highest BCUT2D eigenvalue weighted by atomic mass is 16.5. The molecule has 7 heteroatoms. The zero-order valence-corrected chi connectivity index (χ0v) is 16.7. The molecule has 0 saturated carbocycles. The van der Waals surface area contributed by atoms with Crippen LogP contribution < -0.4 is 10.1 Å². The van der Waals surface area contributed by atoms with Crippen molar-refractivity contribution in [1.82, 2.24) is 19.8 Å². The van der Waals surface area contributed by atoms with E-state index in [0.29, 0.717) is 30.4 Å². The molecule has 7 nitrogen and oxygen atoms in total. The number of nitrogens with zero attached hydrogens (tertiary/aromatic N) is 4. The Morgan fingerprint density at radius 2 is 1.79 bits per heavy atom. The maximum atomic E-state index is 13.0. The van der Waals surface area contributed by atoms with Gasteiger partial charge in [-0.05, 0) is 50.0 Å². The molecule has 0 aliphatic carbocycles. The average Bonchev–Trinajstić information content (AvgIpc) is 2.74. The molecule has 2 amide bonds. The molecule has 150 valence electrons. The monoisotopic (exact) mass is 391 g/mol. The molecule has 0 spiro atoms. The molecule has 0 bridgehead atoms. The van der Waals surface area contributed by atoms with Gasteiger partial charge in [-0.1, -0.05) is 24.3 Å². The first-order valence-electron chi connectivity index (χ1n) is 9.39. The average molecular weight is 391 g/mol. The number of pyridine rings is 2. The highest BCUT2D eigenvalue weighted by Gasteiger charge is 2.17. The quantitative estimate of drug-likeness (QED) is 0.631. The van der Waals surface area contributed by atoms with E-state index < -0.39 is 0 Å². The largest absolute Gasteiger partial charge is 0.437 e. The predicted octanol–water partition coefficient (Wildman–Crippen LogP) is 3.86. The van der Waals surface area contributed by atoms with Crippen LogP contribution in [0.5, 0.6) is 11.6 Å². The Balaban J connectivity index is 1.74. The first-order chi connectivity index (χ1) is 14.1. The van der Waals surface area contributed by atoms with Gasteiger partial charge in [0, 0.05) is 38.2 Å². The lowest BCUT2D eigenvalue weighted by atomic mass is 10.2. The molecule has 2 heterocycles. The van der Waals surface area contributed by atoms with Crippen molar-refractivity contribution in [3.8, 4) is 11.6 Å². The van der Waals surface area contributed by atoms with Crippen LogP contribution in [-0.4, -0.2) is 53.0 Å². The van der Waals surface area contributed by atoms with Crippen molar-refractivity contribution in [3.63, 3.8) is 0 Å². The van der Waals surface area contributed by atoms with Gasteiger partial charge in [0.1, 0.15) is 11.4 Å². The molecule has 0 unspecified atom stereocenters. The molecule has 3 rings (SSSR count). The minimum atomic E-state index is -0.221. The van der Waals surface area contributed by atoms with Crippen LogP contribution >= 0.6 is 0 Å². The van der Waals surface area contributed by atoms with Gasteiger partial charge >= 0.3 is 6.03 Å². The number of amides is 2. The van der Waals surface area contributed by atoms with Crippen molar-refractivity contribution >= 4 is 11.7 Å². The van der Waals surface area contributed by atoms with E-state index in [-0.39, 0.29) is 6.03 Å². The van der Waals surface area contributed by atoms with E-state index in [2.05, 4.69) is 15.3 Å². The highest BCUT2D eigenvalue weighted by Crippen LogP contribution is 2.26. The summed E-state index contributed by atoms with van der Waals surface area (Å²) in [7, 11) is 3.96. The third-order valence-corrected chi connectivity index (χ3v) is 4.17. The van der Waals surface area contributed by atoms with Crippen LogP contribution in [0.2, 0.25) is 0 Å². The van der Waals surface area contributed by atoms with Crippen molar-refractivity contribution in [2.24, 2.45) is 0 Å². The van der Waals surface area contributed by atoms with Crippen LogP contribution in [0.15, 0.2) is 73.2 Å². The summed E-state index contributed by atoms with van der Waals surface area (Å²) in [6, 6.07) is 16.5. The minimum absolute atomic E-state index is 0.221. The third-order valence-electron chi connectivity index (χ3n) is 4.17. The SMILES string of the molecule is CN(C)CCN(Cc1cccnc1)C(=O)Nc1cccnc1Oc1ccccc1. The summed E-state index contributed by atoms with van der Waals surface area (Å²) in [6.45, 7) is 1.78. The fraction of sp³-hybridized carbons (Fsp3) is 0.227. The van der Waals surface area contributed by atoms with E-state index in [9.17, 15) is 4.79 Å². The second-order valence-corrected chi connectivity index (χ2v) is 6.79. The van der Waals surface area contributed by atoms with E-state index in [1.807, 2.05) is 61.5 Å². The summed E-state index contributed by atoms with van der Waals surface area (Å²) >= 11 is 0. The molecule has 0 aliphatic rings. The van der Waals surface area contributed by atoms with E-state index in [0.717, 1.165) is 12.1 Å². The maximum Gasteiger partial charge on any atom is 0.322 e. The van der Waals surface area contributed by atoms with Crippen LogP contribution in [0, 0.1) is 0 Å². The molecule has 3 aromatic rings. The van der Waals surface area contributed by atoms with Gasteiger partial charge in [0.05, 0.1) is 0 Å². The van der Waals surface area contributed by atoms with Gasteiger partial charge < -0.3 is 19.9 Å². The Labute approximate surface area is 171 Å². The summed E-state index contributed by atoms with van der Waals surface area (Å²) in [5.74, 6) is 1.00. The van der Waals surface area contributed by atoms with Crippen LogP contribution in [0.25, 0.3) is 0 Å². The molecule has 0 aliphatic heterocycles. The smallest absolute Gasteiger partial charge is 0.322 e. The van der Waals surface area contributed by atoms with Gasteiger partial charge in [0.25, 0.3) is 0 Å². The van der Waals surface area contributed by atoms with E-state index in [4.69, 9.17) is 4.74 Å². The molecule has 0 saturated heterocycles. The Hall–Kier alpha value is -3.45. The lowest BCUT2D eigenvalue weighted by Gasteiger charge is -2.25. The van der Waals surface area contributed by atoms with Crippen molar-refractivity contribution in [3.05, 3.63) is 78.8 Å². The second-order valence-electron chi connectivity index (χ2n) is 6.79. The van der Waals surface area contributed by atoms with Crippen molar-refractivity contribution in [2.45, 2.75) is 6.54 Å². The zero-order valence-electron chi connectivity index (χ0n) is 16.7. The number of aromatic nitrogens is 2. The number of benzene rings is 1. The van der Waals surface area contributed by atoms with Gasteiger partial charge in [0.15, 0.2) is 0 Å². The zero-order chi connectivity index (χ0) is 20.5. The molecule has 2 aromatic heterocycles. The predicted molar refractivity (Wildman–Crippen MR) is 113 cm³/mol. The summed E-state index contributed by atoms with van der Waals surface area (Å²) in [4.78, 5) is 25.2. The maximum absolute atomic E-state index is 13.0. The number of ether oxygens (including phenoxy) is 1. The fourth-order valence-corrected chi connectivity index (χ4v) is 2.65. The van der Waals surface area contributed by atoms with Gasteiger partial charge in [-0.25, -0.2) is 9.78 Å². The first kappa shape index (κ1) is 20.3. The summed E-state index contributed by atoms with van der Waals surface area (Å²) in [6.07, 6.45) is 5.12. The summed E-state index contributed by atoms with van der Waals surface area (Å²) in [5.41, 5.74) is 1.48. The fourth-order valence-electron chi connectivity index (χ4n) is 2.65. The summed E-state index contributed by atoms with van der Waals surface area (Å²) in [5, 5.41) is 2.94. The van der Waals surface area contributed by atoms with Crippen LogP contribution in [0.4, 0.5) is 10.5 Å². The number of likely N-dealkylation sites (N-methyl/N-ethyl adjacent to an activating group) is 1. The van der Waals surface area contributed by atoms with Crippen LogP contribution in [0.1, 0.15) is 5.56 Å². The van der Waals surface area contributed by atoms with E-state index in [1.54, 1.807) is 35.6 Å². The lowest BCUT2D eigenvalue weighted by molar-refractivity contribution is 0.202. The number of hydrogen-bond donors (Lipinski definition) is 1. The Morgan fingerprint density at radius 3 is 2.52 bits per heavy atom. The Morgan fingerprint density at radius 1 is 1.00 bits per heavy atom. The third kappa shape index (κ3) is 6.29. The number of nitrogens with one attached hydrogen (secondary N) is 1. The van der Waals surface area contributed by atoms with Crippen LogP contribution in [-0.2, 0) is 6.54 Å². The Bertz CT molecular complexity index is 903. The molecular formula is C22H25N5O2. The van der Waals surface area contributed by atoms with E-state index in [1.165, 1.54) is 0 Å². The van der Waals surface area contributed by atoms with Crippen molar-refractivity contribution < 1.29 is 9.53 Å². The first-order valence-corrected chi connectivity index (χ1v) is 9.39. The van der Waals surface area contributed by atoms with Gasteiger partial charge in [-0.3, -0.25) is 4.98 Å². The standard InChI is InChI=1S/C22H25N5O2/c1-26(2)14-15-27(17-18-8-6-12-23-16-18)22(28)25-20-11-7-13-24-21(20)29-19-9-4-3-5-10-19/h3-13,16H,14-15,17H2,1-2H3,(H,25,28). The van der Waals surface area contributed by atoms with Crippen molar-refractivity contribution in [1.29, 1.82) is 0 Å². The second kappa shape index (κ2) is 10.2. The Kier molecular flexibility index (Phi) is 7.13. The molecule has 0 fully saturated rings. The number of carbonyl (C=O) groups is 1. The number of carbonyl (C=O) groups excluding carboxylic acids is 1. The van der Waals surface area contributed by atoms with E-state index >= 15 is 0 Å². The number of para-hydroxylation sites is 1. The molecule has 1 N–H and O–H groups in total. The highest BCUT2D eigenvalue weighted by molar-refractivity contribution is 5.90. The van der Waals surface area contributed by atoms with Gasteiger partial charge in [-0.2, -0.15) is 0 Å². The molecule has 1 aromatic carbocycles. The van der Waals surface area contributed by atoms with Crippen molar-refractivity contribution in [2.75, 3.05) is 32.5 Å². The molecular weight excluding hydrogens is 366 g/mol. The summed E-state index contributed by atoms with van der Waals surface area (Å²) < 4.78 is 5.84. The topological polar surface area (TPSA) is 70.6 Å². The number of rotatable bonds is 8.